The number of aromatic nitrogens is 1. The summed E-state index contributed by atoms with van der Waals surface area (Å²) in [5.74, 6) is -2.74. The Balaban J connectivity index is 2.41. The number of carbonyl (C=O) groups excluding carboxylic acids is 1. The van der Waals surface area contributed by atoms with Gasteiger partial charge in [0.2, 0.25) is 0 Å². The Morgan fingerprint density at radius 1 is 1.39 bits per heavy atom. The van der Waals surface area contributed by atoms with Crippen molar-refractivity contribution in [3.63, 3.8) is 0 Å². The van der Waals surface area contributed by atoms with E-state index in [-0.39, 0.29) is 6.54 Å². The number of nitrogens with zero attached hydrogens (tertiary/aromatic N) is 1. The molecule has 0 saturated heterocycles. The van der Waals surface area contributed by atoms with Gasteiger partial charge in [-0.05, 0) is 0 Å². The van der Waals surface area contributed by atoms with E-state index in [9.17, 15) is 14.4 Å². The van der Waals surface area contributed by atoms with E-state index in [1.807, 2.05) is 5.32 Å². The number of hydrogen-bond acceptors (Lipinski definition) is 5. The van der Waals surface area contributed by atoms with E-state index in [0.717, 1.165) is 0 Å². The molecule has 0 aliphatic heterocycles. The maximum atomic E-state index is 11.3. The fourth-order valence-corrected chi connectivity index (χ4v) is 1.08. The Bertz CT molecular complexity index is 430. The van der Waals surface area contributed by atoms with Gasteiger partial charge in [0.15, 0.2) is 0 Å². The third-order valence-corrected chi connectivity index (χ3v) is 1.90. The van der Waals surface area contributed by atoms with Gasteiger partial charge in [0, 0.05) is 6.07 Å². The van der Waals surface area contributed by atoms with Crippen LogP contribution in [-0.4, -0.2) is 39.4 Å². The van der Waals surface area contributed by atoms with Crippen molar-refractivity contribution in [2.45, 2.75) is 19.0 Å². The number of amides is 2. The van der Waals surface area contributed by atoms with Gasteiger partial charge in [-0.25, -0.2) is 9.59 Å². The lowest BCUT2D eigenvalue weighted by atomic mass is 10.2. The molecule has 0 radical (unpaired) electrons. The highest BCUT2D eigenvalue weighted by molar-refractivity contribution is 5.86. The minimum Gasteiger partial charge on any atom is -0.481 e. The standard InChI is InChI=1S/C9H11N3O6/c13-7(14)3-6(8(15)16)11-9(17)10-4-5-1-2-18-12-5/h1-2,6H,3-4H2,(H,13,14)(H,15,16)(H2,10,11,17). The van der Waals surface area contributed by atoms with Crippen LogP contribution in [0.5, 0.6) is 0 Å². The normalized spacial score (nSPS) is 11.6. The van der Waals surface area contributed by atoms with Crippen molar-refractivity contribution in [2.24, 2.45) is 0 Å². The number of rotatable bonds is 6. The quantitative estimate of drug-likeness (QED) is 0.533. The van der Waals surface area contributed by atoms with Gasteiger partial charge in [-0.15, -0.1) is 0 Å². The summed E-state index contributed by atoms with van der Waals surface area (Å²) >= 11 is 0. The second-order valence-corrected chi connectivity index (χ2v) is 3.31. The van der Waals surface area contributed by atoms with Gasteiger partial charge in [0.25, 0.3) is 0 Å². The molecule has 0 saturated carbocycles. The van der Waals surface area contributed by atoms with Crippen LogP contribution in [0, 0.1) is 0 Å². The minimum absolute atomic E-state index is 0.0434. The third kappa shape index (κ3) is 4.51. The summed E-state index contributed by atoms with van der Waals surface area (Å²) in [5.41, 5.74) is 0.454. The van der Waals surface area contributed by atoms with E-state index < -0.39 is 30.4 Å². The highest BCUT2D eigenvalue weighted by Crippen LogP contribution is 1.95. The number of carboxylic acid groups (broad SMARTS) is 2. The summed E-state index contributed by atoms with van der Waals surface area (Å²) < 4.78 is 4.53. The average Bonchev–Trinajstić information content (AvgIpc) is 2.77. The zero-order chi connectivity index (χ0) is 13.5. The van der Waals surface area contributed by atoms with Crippen molar-refractivity contribution < 1.29 is 29.1 Å². The van der Waals surface area contributed by atoms with Crippen molar-refractivity contribution in [2.75, 3.05) is 0 Å². The van der Waals surface area contributed by atoms with Gasteiger partial charge >= 0.3 is 18.0 Å². The third-order valence-electron chi connectivity index (χ3n) is 1.90. The molecule has 0 aliphatic rings. The van der Waals surface area contributed by atoms with Gasteiger partial charge in [0.05, 0.1) is 13.0 Å². The topological polar surface area (TPSA) is 142 Å². The highest BCUT2D eigenvalue weighted by atomic mass is 16.5. The van der Waals surface area contributed by atoms with Gasteiger partial charge in [-0.2, -0.15) is 0 Å². The van der Waals surface area contributed by atoms with Crippen LogP contribution in [0.3, 0.4) is 0 Å². The Morgan fingerprint density at radius 2 is 2.11 bits per heavy atom. The SMILES string of the molecule is O=C(O)CC(NC(=O)NCc1ccon1)C(=O)O. The number of nitrogens with one attached hydrogen (secondary N) is 2. The maximum absolute atomic E-state index is 11.3. The molecular weight excluding hydrogens is 246 g/mol. The molecule has 0 aromatic carbocycles. The lowest BCUT2D eigenvalue weighted by Gasteiger charge is -2.12. The summed E-state index contributed by atoms with van der Waals surface area (Å²) in [6, 6.07) is -0.766. The summed E-state index contributed by atoms with van der Waals surface area (Å²) in [7, 11) is 0. The molecule has 98 valence electrons. The minimum atomic E-state index is -1.49. The van der Waals surface area contributed by atoms with E-state index in [0.29, 0.717) is 5.69 Å². The molecule has 9 nitrogen and oxygen atoms in total. The first kappa shape index (κ1) is 13.5. The fraction of sp³-hybridized carbons (Fsp3) is 0.333. The van der Waals surface area contributed by atoms with Gasteiger partial charge in [-0.1, -0.05) is 5.16 Å². The maximum Gasteiger partial charge on any atom is 0.326 e. The number of hydrogen-bond donors (Lipinski definition) is 4. The predicted molar refractivity (Wildman–Crippen MR) is 55.6 cm³/mol. The molecule has 0 fully saturated rings. The molecular formula is C9H11N3O6. The zero-order valence-electron chi connectivity index (χ0n) is 9.12. The largest absolute Gasteiger partial charge is 0.481 e. The first-order valence-electron chi connectivity index (χ1n) is 4.87. The Morgan fingerprint density at radius 3 is 2.61 bits per heavy atom. The second-order valence-electron chi connectivity index (χ2n) is 3.31. The molecule has 1 aromatic heterocycles. The van der Waals surface area contributed by atoms with Crippen molar-refractivity contribution in [1.82, 2.24) is 15.8 Å². The molecule has 1 rings (SSSR count). The number of aliphatic carboxylic acids is 2. The second kappa shape index (κ2) is 6.23. The van der Waals surface area contributed by atoms with Crippen LogP contribution in [0.4, 0.5) is 4.79 Å². The molecule has 9 heteroatoms. The lowest BCUT2D eigenvalue weighted by molar-refractivity contribution is -0.145. The smallest absolute Gasteiger partial charge is 0.326 e. The summed E-state index contributed by atoms with van der Waals surface area (Å²) in [6.45, 7) is 0.0434. The molecule has 0 aliphatic carbocycles. The zero-order valence-corrected chi connectivity index (χ0v) is 9.12. The number of carboxylic acids is 2. The molecule has 0 bridgehead atoms. The molecule has 2 amide bonds. The van der Waals surface area contributed by atoms with Crippen molar-refractivity contribution in [3.8, 4) is 0 Å². The number of carbonyl (C=O) groups is 3. The van der Waals surface area contributed by atoms with Gasteiger partial charge < -0.3 is 25.4 Å². The monoisotopic (exact) mass is 257 g/mol. The van der Waals surface area contributed by atoms with Crippen LogP contribution in [0.1, 0.15) is 12.1 Å². The molecule has 4 N–H and O–H groups in total. The first-order chi connectivity index (χ1) is 8.49. The molecule has 1 atom stereocenters. The summed E-state index contributed by atoms with van der Waals surface area (Å²) in [6.07, 6.45) is 0.617. The van der Waals surface area contributed by atoms with Crippen molar-refractivity contribution in [1.29, 1.82) is 0 Å². The Labute approximate surface area is 101 Å². The molecule has 18 heavy (non-hydrogen) atoms. The van der Waals surface area contributed by atoms with E-state index in [1.54, 1.807) is 0 Å². The van der Waals surface area contributed by atoms with Gasteiger partial charge in [-0.3, -0.25) is 4.79 Å². The number of urea groups is 1. The summed E-state index contributed by atoms with van der Waals surface area (Å²) in [4.78, 5) is 32.4. The molecule has 1 aromatic rings. The molecule has 1 unspecified atom stereocenters. The Kier molecular flexibility index (Phi) is 4.67. The van der Waals surface area contributed by atoms with E-state index >= 15 is 0 Å². The first-order valence-corrected chi connectivity index (χ1v) is 4.87. The van der Waals surface area contributed by atoms with Crippen molar-refractivity contribution >= 4 is 18.0 Å². The van der Waals surface area contributed by atoms with Crippen LogP contribution in [0.2, 0.25) is 0 Å². The van der Waals surface area contributed by atoms with E-state index in [1.165, 1.54) is 12.3 Å². The van der Waals surface area contributed by atoms with Crippen LogP contribution in [0.25, 0.3) is 0 Å². The van der Waals surface area contributed by atoms with Crippen LogP contribution in [0.15, 0.2) is 16.9 Å². The van der Waals surface area contributed by atoms with Crippen LogP contribution in [-0.2, 0) is 16.1 Å². The van der Waals surface area contributed by atoms with E-state index in [2.05, 4.69) is 15.0 Å². The average molecular weight is 257 g/mol. The molecule has 0 spiro atoms. The van der Waals surface area contributed by atoms with E-state index in [4.69, 9.17) is 10.2 Å². The van der Waals surface area contributed by atoms with Crippen LogP contribution >= 0.6 is 0 Å². The van der Waals surface area contributed by atoms with Crippen LogP contribution < -0.4 is 10.6 Å². The molecule has 1 heterocycles. The fourth-order valence-electron chi connectivity index (χ4n) is 1.08. The van der Waals surface area contributed by atoms with Gasteiger partial charge in [0.1, 0.15) is 18.0 Å². The summed E-state index contributed by atoms with van der Waals surface area (Å²) in [5, 5.41) is 25.0. The Hall–Kier alpha value is -2.58. The van der Waals surface area contributed by atoms with Crippen molar-refractivity contribution in [3.05, 3.63) is 18.0 Å². The predicted octanol–water partition coefficient (Wildman–Crippen LogP) is -0.598. The highest BCUT2D eigenvalue weighted by Gasteiger charge is 2.22. The lowest BCUT2D eigenvalue weighted by Crippen LogP contribution is -2.46.